The highest BCUT2D eigenvalue weighted by atomic mass is 16.6. The van der Waals surface area contributed by atoms with Gasteiger partial charge in [0, 0.05) is 18.8 Å². The van der Waals surface area contributed by atoms with E-state index in [2.05, 4.69) is 0 Å². The van der Waals surface area contributed by atoms with Gasteiger partial charge in [-0.2, -0.15) is 0 Å². The highest BCUT2D eigenvalue weighted by Crippen LogP contribution is 2.21. The van der Waals surface area contributed by atoms with Crippen LogP contribution >= 0.6 is 0 Å². The van der Waals surface area contributed by atoms with Crippen molar-refractivity contribution in [1.82, 2.24) is 4.90 Å². The molecule has 1 aliphatic rings. The fourth-order valence-electron chi connectivity index (χ4n) is 2.42. The first kappa shape index (κ1) is 16.1. The molecule has 0 unspecified atom stereocenters. The zero-order valence-corrected chi connectivity index (χ0v) is 13.2. The van der Waals surface area contributed by atoms with Gasteiger partial charge in [0.2, 0.25) is 0 Å². The van der Waals surface area contributed by atoms with Gasteiger partial charge in [-0.15, -0.1) is 0 Å². The van der Waals surface area contributed by atoms with Gasteiger partial charge < -0.3 is 19.6 Å². The number of ether oxygens (including phenoxy) is 1. The van der Waals surface area contributed by atoms with Crippen LogP contribution in [0, 0.1) is 0 Å². The molecule has 1 heterocycles. The molecule has 1 fully saturated rings. The Morgan fingerprint density at radius 1 is 1.18 bits per heavy atom. The molecule has 1 aliphatic heterocycles. The van der Waals surface area contributed by atoms with Gasteiger partial charge in [-0.1, -0.05) is 18.2 Å². The van der Waals surface area contributed by atoms with E-state index >= 15 is 0 Å². The van der Waals surface area contributed by atoms with Crippen LogP contribution in [0.1, 0.15) is 20.8 Å². The quantitative estimate of drug-likeness (QED) is 0.907. The molecular formula is C16H22N2O4. The summed E-state index contributed by atoms with van der Waals surface area (Å²) in [4.78, 5) is 27.0. The van der Waals surface area contributed by atoms with E-state index in [-0.39, 0.29) is 6.54 Å². The van der Waals surface area contributed by atoms with Gasteiger partial charge in [-0.25, -0.2) is 9.59 Å². The Bertz CT molecular complexity index is 539. The maximum atomic E-state index is 12.1. The first-order chi connectivity index (χ1) is 10.3. The van der Waals surface area contributed by atoms with Gasteiger partial charge in [-0.3, -0.25) is 0 Å². The summed E-state index contributed by atoms with van der Waals surface area (Å²) in [6.45, 7) is 6.38. The molecule has 6 nitrogen and oxygen atoms in total. The third-order valence-corrected chi connectivity index (χ3v) is 3.40. The number of carboxylic acids is 1. The second kappa shape index (κ2) is 6.25. The smallest absolute Gasteiger partial charge is 0.410 e. The third-order valence-electron chi connectivity index (χ3n) is 3.40. The topological polar surface area (TPSA) is 70.1 Å². The molecule has 1 aromatic carbocycles. The molecule has 2 rings (SSSR count). The lowest BCUT2D eigenvalue weighted by Gasteiger charge is -2.40. The molecule has 0 bridgehead atoms. The number of nitrogens with zero attached hydrogens (tertiary/aromatic N) is 2. The van der Waals surface area contributed by atoms with Crippen LogP contribution in [0.25, 0.3) is 0 Å². The summed E-state index contributed by atoms with van der Waals surface area (Å²) in [7, 11) is 0. The van der Waals surface area contributed by atoms with Gasteiger partial charge in [0.05, 0.1) is 6.54 Å². The summed E-state index contributed by atoms with van der Waals surface area (Å²) >= 11 is 0. The van der Waals surface area contributed by atoms with Gasteiger partial charge in [0.15, 0.2) is 0 Å². The molecule has 1 amide bonds. The van der Waals surface area contributed by atoms with E-state index in [0.717, 1.165) is 5.69 Å². The predicted octanol–water partition coefficient (Wildman–Crippen LogP) is 2.20. The molecule has 0 saturated carbocycles. The normalized spacial score (nSPS) is 19.0. The monoisotopic (exact) mass is 306 g/mol. The fourth-order valence-corrected chi connectivity index (χ4v) is 2.42. The number of piperazine rings is 1. The van der Waals surface area contributed by atoms with E-state index < -0.39 is 23.7 Å². The summed E-state index contributed by atoms with van der Waals surface area (Å²) < 4.78 is 5.32. The minimum absolute atomic E-state index is 0.110. The highest BCUT2D eigenvalue weighted by Gasteiger charge is 2.35. The van der Waals surface area contributed by atoms with Gasteiger partial charge >= 0.3 is 12.1 Å². The number of hydrogen-bond donors (Lipinski definition) is 1. The minimum Gasteiger partial charge on any atom is -0.480 e. The van der Waals surface area contributed by atoms with Crippen molar-refractivity contribution in [3.8, 4) is 0 Å². The Morgan fingerprint density at radius 3 is 2.36 bits per heavy atom. The lowest BCUT2D eigenvalue weighted by Crippen LogP contribution is -2.58. The van der Waals surface area contributed by atoms with Crippen molar-refractivity contribution >= 4 is 17.7 Å². The van der Waals surface area contributed by atoms with E-state index in [0.29, 0.717) is 13.1 Å². The number of carbonyl (C=O) groups is 2. The number of carboxylic acid groups (broad SMARTS) is 1. The second-order valence-corrected chi connectivity index (χ2v) is 6.31. The van der Waals surface area contributed by atoms with Crippen LogP contribution < -0.4 is 4.90 Å². The van der Waals surface area contributed by atoms with Crippen LogP contribution in [0.15, 0.2) is 30.3 Å². The molecule has 1 saturated heterocycles. The molecule has 1 aromatic rings. The Balaban J connectivity index is 2.12. The Morgan fingerprint density at radius 2 is 1.82 bits per heavy atom. The van der Waals surface area contributed by atoms with Crippen LogP contribution in [0.5, 0.6) is 0 Å². The molecule has 120 valence electrons. The van der Waals surface area contributed by atoms with Crippen LogP contribution in [-0.2, 0) is 9.53 Å². The van der Waals surface area contributed by atoms with E-state index in [4.69, 9.17) is 4.74 Å². The van der Waals surface area contributed by atoms with Crippen LogP contribution in [0.2, 0.25) is 0 Å². The van der Waals surface area contributed by atoms with Crippen molar-refractivity contribution in [3.05, 3.63) is 30.3 Å². The zero-order chi connectivity index (χ0) is 16.3. The Hall–Kier alpha value is -2.24. The lowest BCUT2D eigenvalue weighted by atomic mass is 10.1. The number of amides is 1. The number of aliphatic carboxylic acids is 1. The average Bonchev–Trinajstić information content (AvgIpc) is 2.45. The molecule has 0 aliphatic carbocycles. The van der Waals surface area contributed by atoms with E-state index in [1.54, 1.807) is 20.8 Å². The number of carbonyl (C=O) groups excluding carboxylic acids is 1. The van der Waals surface area contributed by atoms with Crippen molar-refractivity contribution < 1.29 is 19.4 Å². The van der Waals surface area contributed by atoms with E-state index in [9.17, 15) is 14.7 Å². The summed E-state index contributed by atoms with van der Waals surface area (Å²) in [5, 5.41) is 9.48. The number of hydrogen-bond acceptors (Lipinski definition) is 4. The summed E-state index contributed by atoms with van der Waals surface area (Å²) in [6.07, 6.45) is -0.466. The molecule has 1 atom stereocenters. The minimum atomic E-state index is -0.947. The molecule has 6 heteroatoms. The molecule has 0 aromatic heterocycles. The van der Waals surface area contributed by atoms with Gasteiger partial charge in [0.1, 0.15) is 11.6 Å². The van der Waals surface area contributed by atoms with E-state index in [1.165, 1.54) is 4.90 Å². The van der Waals surface area contributed by atoms with E-state index in [1.807, 2.05) is 35.2 Å². The van der Waals surface area contributed by atoms with Crippen molar-refractivity contribution in [2.24, 2.45) is 0 Å². The van der Waals surface area contributed by atoms with Gasteiger partial charge in [-0.05, 0) is 32.9 Å². The SMILES string of the molecule is CC(C)(C)OC(=O)N1CCN(c2ccccc2)[C@H](C(=O)O)C1. The average molecular weight is 306 g/mol. The maximum absolute atomic E-state index is 12.1. The highest BCUT2D eigenvalue weighted by molar-refractivity contribution is 5.80. The number of benzene rings is 1. The van der Waals surface area contributed by atoms with Crippen molar-refractivity contribution in [2.75, 3.05) is 24.5 Å². The van der Waals surface area contributed by atoms with Crippen molar-refractivity contribution in [1.29, 1.82) is 0 Å². The molecule has 0 spiro atoms. The molecular weight excluding hydrogens is 284 g/mol. The number of para-hydroxylation sites is 1. The van der Waals surface area contributed by atoms with Crippen LogP contribution in [0.4, 0.5) is 10.5 Å². The molecule has 0 radical (unpaired) electrons. The molecule has 1 N–H and O–H groups in total. The number of anilines is 1. The zero-order valence-electron chi connectivity index (χ0n) is 13.2. The van der Waals surface area contributed by atoms with Crippen LogP contribution in [-0.4, -0.2) is 53.3 Å². The predicted molar refractivity (Wildman–Crippen MR) is 83.0 cm³/mol. The van der Waals surface area contributed by atoms with Crippen molar-refractivity contribution in [2.45, 2.75) is 32.4 Å². The first-order valence-corrected chi connectivity index (χ1v) is 7.30. The Labute approximate surface area is 130 Å². The molecule has 22 heavy (non-hydrogen) atoms. The standard InChI is InChI=1S/C16H22N2O4/c1-16(2,3)22-15(21)17-9-10-18(13(11-17)14(19)20)12-7-5-4-6-8-12/h4-8,13H,9-11H2,1-3H3,(H,19,20)/t13-/m0/s1. The third kappa shape index (κ3) is 3.90. The number of rotatable bonds is 2. The Kier molecular flexibility index (Phi) is 4.59. The van der Waals surface area contributed by atoms with Crippen LogP contribution in [0.3, 0.4) is 0 Å². The maximum Gasteiger partial charge on any atom is 0.410 e. The summed E-state index contributed by atoms with van der Waals surface area (Å²) in [5.74, 6) is -0.947. The van der Waals surface area contributed by atoms with Gasteiger partial charge in [0.25, 0.3) is 0 Å². The fraction of sp³-hybridized carbons (Fsp3) is 0.500. The summed E-state index contributed by atoms with van der Waals surface area (Å²) in [5.41, 5.74) is 0.255. The largest absolute Gasteiger partial charge is 0.480 e. The lowest BCUT2D eigenvalue weighted by molar-refractivity contribution is -0.139. The first-order valence-electron chi connectivity index (χ1n) is 7.30. The summed E-state index contributed by atoms with van der Waals surface area (Å²) in [6, 6.07) is 8.60. The van der Waals surface area contributed by atoms with Crippen molar-refractivity contribution in [3.63, 3.8) is 0 Å². The second-order valence-electron chi connectivity index (χ2n) is 6.31.